The van der Waals surface area contributed by atoms with Crippen molar-refractivity contribution in [1.29, 1.82) is 0 Å². The Bertz CT molecular complexity index is 567. The predicted molar refractivity (Wildman–Crippen MR) is 65.3 cm³/mol. The fourth-order valence-corrected chi connectivity index (χ4v) is 1.68. The molecule has 19 heavy (non-hydrogen) atoms. The first-order chi connectivity index (χ1) is 9.02. The number of nitrogens with zero attached hydrogens (tertiary/aromatic N) is 1. The second-order valence-corrected chi connectivity index (χ2v) is 3.90. The SMILES string of the molecule is O=C1C=C(Nc2ccc(O)cc2O)C(=O)N1CCO. The average Bonchev–Trinajstić information content (AvgIpc) is 2.61. The van der Waals surface area contributed by atoms with Crippen LogP contribution in [0.3, 0.4) is 0 Å². The largest absolute Gasteiger partial charge is 0.508 e. The summed E-state index contributed by atoms with van der Waals surface area (Å²) >= 11 is 0. The van der Waals surface area contributed by atoms with Crippen LogP contribution < -0.4 is 5.32 Å². The highest BCUT2D eigenvalue weighted by molar-refractivity contribution is 6.17. The van der Waals surface area contributed by atoms with Crippen LogP contribution in [0.4, 0.5) is 5.69 Å². The first-order valence-electron chi connectivity index (χ1n) is 5.50. The summed E-state index contributed by atoms with van der Waals surface area (Å²) < 4.78 is 0. The molecule has 0 bridgehead atoms. The van der Waals surface area contributed by atoms with E-state index in [9.17, 15) is 14.7 Å². The van der Waals surface area contributed by atoms with E-state index < -0.39 is 11.8 Å². The molecule has 2 rings (SSSR count). The van der Waals surface area contributed by atoms with Crippen LogP contribution in [0, 0.1) is 0 Å². The van der Waals surface area contributed by atoms with Gasteiger partial charge in [-0.15, -0.1) is 0 Å². The van der Waals surface area contributed by atoms with Crippen LogP contribution in [0.1, 0.15) is 0 Å². The fraction of sp³-hybridized carbons (Fsp3) is 0.167. The van der Waals surface area contributed by atoms with E-state index in [4.69, 9.17) is 10.2 Å². The second-order valence-electron chi connectivity index (χ2n) is 3.90. The van der Waals surface area contributed by atoms with E-state index in [1.165, 1.54) is 12.1 Å². The van der Waals surface area contributed by atoms with Crippen LogP contribution in [0.2, 0.25) is 0 Å². The van der Waals surface area contributed by atoms with Gasteiger partial charge in [0.1, 0.15) is 17.2 Å². The molecule has 0 fully saturated rings. The van der Waals surface area contributed by atoms with Crippen LogP contribution in [-0.2, 0) is 9.59 Å². The van der Waals surface area contributed by atoms with Gasteiger partial charge in [0.05, 0.1) is 18.8 Å². The molecular weight excluding hydrogens is 252 g/mol. The third-order valence-electron chi connectivity index (χ3n) is 2.58. The van der Waals surface area contributed by atoms with Crippen molar-refractivity contribution >= 4 is 17.5 Å². The molecule has 0 radical (unpaired) electrons. The number of aliphatic hydroxyl groups is 1. The third-order valence-corrected chi connectivity index (χ3v) is 2.58. The number of phenolic OH excluding ortho intramolecular Hbond substituents is 2. The van der Waals surface area contributed by atoms with Gasteiger partial charge in [-0.1, -0.05) is 0 Å². The molecule has 0 unspecified atom stereocenters. The van der Waals surface area contributed by atoms with Crippen LogP contribution in [-0.4, -0.2) is 45.2 Å². The lowest BCUT2D eigenvalue weighted by molar-refractivity contribution is -0.137. The number of nitrogens with one attached hydrogen (secondary N) is 1. The van der Waals surface area contributed by atoms with Gasteiger partial charge in [0.2, 0.25) is 0 Å². The van der Waals surface area contributed by atoms with E-state index in [1.54, 1.807) is 0 Å². The summed E-state index contributed by atoms with van der Waals surface area (Å²) in [7, 11) is 0. The molecule has 0 atom stereocenters. The van der Waals surface area contributed by atoms with Crippen molar-refractivity contribution in [3.8, 4) is 11.5 Å². The number of phenols is 2. The van der Waals surface area contributed by atoms with Gasteiger partial charge in [-0.25, -0.2) is 0 Å². The first kappa shape index (κ1) is 12.9. The standard InChI is InChI=1S/C12H12N2O5/c15-4-3-14-11(18)6-9(12(14)19)13-8-2-1-7(16)5-10(8)17/h1-2,5-6,13,15-17H,3-4H2. The van der Waals surface area contributed by atoms with E-state index >= 15 is 0 Å². The number of carbonyl (C=O) groups excluding carboxylic acids is 2. The molecule has 1 aliphatic heterocycles. The number of anilines is 1. The Balaban J connectivity index is 2.18. The number of β-amino-alcohol motifs (C(OH)–C–C–N with tert-alkyl or cyclic N) is 1. The number of benzene rings is 1. The zero-order valence-corrected chi connectivity index (χ0v) is 9.83. The Kier molecular flexibility index (Phi) is 3.39. The smallest absolute Gasteiger partial charge is 0.277 e. The van der Waals surface area contributed by atoms with Crippen molar-refractivity contribution < 1.29 is 24.9 Å². The minimum atomic E-state index is -0.577. The van der Waals surface area contributed by atoms with Crippen molar-refractivity contribution in [3.05, 3.63) is 30.0 Å². The van der Waals surface area contributed by atoms with E-state index in [0.29, 0.717) is 0 Å². The van der Waals surface area contributed by atoms with Crippen LogP contribution in [0.25, 0.3) is 0 Å². The van der Waals surface area contributed by atoms with Crippen LogP contribution in [0.15, 0.2) is 30.0 Å². The molecule has 0 saturated carbocycles. The molecule has 1 aromatic rings. The average molecular weight is 264 g/mol. The van der Waals surface area contributed by atoms with Gasteiger partial charge >= 0.3 is 0 Å². The number of amides is 2. The lowest BCUT2D eigenvalue weighted by atomic mass is 10.2. The molecule has 0 saturated heterocycles. The van der Waals surface area contributed by atoms with Crippen LogP contribution in [0.5, 0.6) is 11.5 Å². The monoisotopic (exact) mass is 264 g/mol. The number of aromatic hydroxyl groups is 2. The summed E-state index contributed by atoms with van der Waals surface area (Å²) in [5.41, 5.74) is 0.190. The van der Waals surface area contributed by atoms with Crippen molar-refractivity contribution in [2.24, 2.45) is 0 Å². The number of aliphatic hydroxyl groups excluding tert-OH is 1. The number of rotatable bonds is 4. The van der Waals surface area contributed by atoms with E-state index in [-0.39, 0.29) is 36.0 Å². The third kappa shape index (κ3) is 2.50. The Morgan fingerprint density at radius 2 is 1.95 bits per heavy atom. The number of hydrogen-bond acceptors (Lipinski definition) is 6. The van der Waals surface area contributed by atoms with Crippen molar-refractivity contribution in [1.82, 2.24) is 4.90 Å². The van der Waals surface area contributed by atoms with Gasteiger partial charge in [-0.3, -0.25) is 14.5 Å². The maximum atomic E-state index is 11.8. The molecule has 0 aliphatic carbocycles. The highest BCUT2D eigenvalue weighted by Crippen LogP contribution is 2.29. The lowest BCUT2D eigenvalue weighted by Gasteiger charge is -2.13. The minimum absolute atomic E-state index is 0.000519. The summed E-state index contributed by atoms with van der Waals surface area (Å²) in [4.78, 5) is 24.2. The molecule has 100 valence electrons. The molecule has 1 aromatic carbocycles. The normalized spacial score (nSPS) is 14.8. The van der Waals surface area contributed by atoms with Crippen molar-refractivity contribution in [2.75, 3.05) is 18.5 Å². The Morgan fingerprint density at radius 1 is 1.21 bits per heavy atom. The maximum absolute atomic E-state index is 11.8. The summed E-state index contributed by atoms with van der Waals surface area (Å²) in [5, 5.41) is 30.1. The number of carbonyl (C=O) groups is 2. The van der Waals surface area contributed by atoms with E-state index in [2.05, 4.69) is 5.32 Å². The number of hydrogen-bond donors (Lipinski definition) is 4. The zero-order valence-electron chi connectivity index (χ0n) is 9.83. The Morgan fingerprint density at radius 3 is 2.58 bits per heavy atom. The molecular formula is C12H12N2O5. The minimum Gasteiger partial charge on any atom is -0.508 e. The zero-order chi connectivity index (χ0) is 14.0. The number of imide groups is 1. The van der Waals surface area contributed by atoms with Gasteiger partial charge in [-0.05, 0) is 12.1 Å². The molecule has 0 spiro atoms. The van der Waals surface area contributed by atoms with Gasteiger partial charge in [0, 0.05) is 12.1 Å². The second kappa shape index (κ2) is 4.99. The summed E-state index contributed by atoms with van der Waals surface area (Å²) in [6.45, 7) is -0.399. The molecule has 4 N–H and O–H groups in total. The quantitative estimate of drug-likeness (QED) is 0.339. The molecule has 1 heterocycles. The maximum Gasteiger partial charge on any atom is 0.277 e. The summed E-state index contributed by atoms with van der Waals surface area (Å²) in [5.74, 6) is -1.47. The molecule has 2 amide bonds. The first-order valence-corrected chi connectivity index (χ1v) is 5.50. The summed E-state index contributed by atoms with van der Waals surface area (Å²) in [6.07, 6.45) is 1.09. The van der Waals surface area contributed by atoms with Gasteiger partial charge in [0.25, 0.3) is 11.8 Å². The Labute approximate surface area is 108 Å². The molecule has 7 heteroatoms. The van der Waals surface area contributed by atoms with E-state index in [0.717, 1.165) is 17.0 Å². The molecule has 1 aliphatic rings. The van der Waals surface area contributed by atoms with Crippen molar-refractivity contribution in [3.63, 3.8) is 0 Å². The molecule has 0 aromatic heterocycles. The highest BCUT2D eigenvalue weighted by Gasteiger charge is 2.30. The molecule has 7 nitrogen and oxygen atoms in total. The topological polar surface area (TPSA) is 110 Å². The van der Waals surface area contributed by atoms with Crippen LogP contribution >= 0.6 is 0 Å². The summed E-state index contributed by atoms with van der Waals surface area (Å²) in [6, 6.07) is 3.81. The van der Waals surface area contributed by atoms with Gasteiger partial charge in [0.15, 0.2) is 0 Å². The predicted octanol–water partition coefficient (Wildman–Crippen LogP) is -0.245. The highest BCUT2D eigenvalue weighted by atomic mass is 16.3. The van der Waals surface area contributed by atoms with Crippen molar-refractivity contribution in [2.45, 2.75) is 0 Å². The Hall–Kier alpha value is -2.54. The van der Waals surface area contributed by atoms with Gasteiger partial charge < -0.3 is 20.6 Å². The van der Waals surface area contributed by atoms with Gasteiger partial charge in [-0.2, -0.15) is 0 Å². The fourth-order valence-electron chi connectivity index (χ4n) is 1.68. The lowest BCUT2D eigenvalue weighted by Crippen LogP contribution is -2.34. The van der Waals surface area contributed by atoms with E-state index in [1.807, 2.05) is 0 Å².